The molecule has 6 nitrogen and oxygen atoms in total. The van der Waals surface area contributed by atoms with Crippen LogP contribution in [0.1, 0.15) is 47.8 Å². The van der Waals surface area contributed by atoms with Gasteiger partial charge in [0.05, 0.1) is 22.4 Å². The Hall–Kier alpha value is -3.77. The molecule has 0 saturated heterocycles. The third-order valence-electron chi connectivity index (χ3n) is 5.09. The van der Waals surface area contributed by atoms with Gasteiger partial charge in [-0.2, -0.15) is 0 Å². The van der Waals surface area contributed by atoms with E-state index >= 15 is 0 Å². The van der Waals surface area contributed by atoms with E-state index in [0.717, 1.165) is 24.2 Å². The van der Waals surface area contributed by atoms with Gasteiger partial charge in [-0.15, -0.1) is 0 Å². The Morgan fingerprint density at radius 2 is 1.94 bits per heavy atom. The summed E-state index contributed by atoms with van der Waals surface area (Å²) in [6.45, 7) is 12.1. The van der Waals surface area contributed by atoms with Gasteiger partial charge in [0.25, 0.3) is 5.91 Å². The van der Waals surface area contributed by atoms with Gasteiger partial charge in [0.2, 0.25) is 0 Å². The molecule has 0 aliphatic rings. The molecule has 0 fully saturated rings. The first-order chi connectivity index (χ1) is 16.5. The number of imidazole rings is 1. The van der Waals surface area contributed by atoms with Crippen molar-refractivity contribution < 1.29 is 4.79 Å². The van der Waals surface area contributed by atoms with Crippen LogP contribution in [0.2, 0.25) is 0 Å². The van der Waals surface area contributed by atoms with Crippen LogP contribution in [0, 0.1) is 0 Å². The maximum absolute atomic E-state index is 12.7. The van der Waals surface area contributed by atoms with Gasteiger partial charge in [0.15, 0.2) is 0 Å². The first kappa shape index (κ1) is 24.9. The number of allylic oxidation sites excluding steroid dienone is 8. The van der Waals surface area contributed by atoms with Crippen molar-refractivity contribution in [3.8, 4) is 0 Å². The van der Waals surface area contributed by atoms with Crippen LogP contribution in [0.5, 0.6) is 0 Å². The number of amides is 1. The molecule has 34 heavy (non-hydrogen) atoms. The van der Waals surface area contributed by atoms with Crippen LogP contribution in [-0.4, -0.2) is 32.4 Å². The Bertz CT molecular complexity index is 1290. The van der Waals surface area contributed by atoms with Crippen molar-refractivity contribution in [1.29, 1.82) is 0 Å². The number of carbonyl (C=O) groups is 1. The van der Waals surface area contributed by atoms with Crippen LogP contribution in [0.3, 0.4) is 0 Å². The third kappa shape index (κ3) is 6.17. The molecule has 2 N–H and O–H groups in total. The molecule has 0 atom stereocenters. The first-order valence-electron chi connectivity index (χ1n) is 11.0. The summed E-state index contributed by atoms with van der Waals surface area (Å²) in [4.78, 5) is 29.7. The number of aryl methyl sites for hydroxylation is 1. The SMILES string of the molecule is C=CC(=CC(=C)Cl)c1nc2cc(C(=O)NCCCc3ncc[nH]3)ccc2nc1C(C=CC)=CC. The minimum Gasteiger partial charge on any atom is -0.352 e. The molecule has 3 rings (SSSR count). The van der Waals surface area contributed by atoms with E-state index in [0.29, 0.717) is 45.1 Å². The molecule has 0 radical (unpaired) electrons. The summed E-state index contributed by atoms with van der Waals surface area (Å²) in [5, 5.41) is 3.31. The van der Waals surface area contributed by atoms with Crippen molar-refractivity contribution in [1.82, 2.24) is 25.3 Å². The molecular formula is C27H28ClN5O. The van der Waals surface area contributed by atoms with E-state index in [1.807, 2.05) is 38.1 Å². The average molecular weight is 474 g/mol. The van der Waals surface area contributed by atoms with Crippen molar-refractivity contribution in [2.24, 2.45) is 0 Å². The lowest BCUT2D eigenvalue weighted by Gasteiger charge is -2.13. The highest BCUT2D eigenvalue weighted by Crippen LogP contribution is 2.28. The third-order valence-corrected chi connectivity index (χ3v) is 5.20. The number of benzene rings is 1. The second-order valence-corrected chi connectivity index (χ2v) is 8.00. The number of fused-ring (bicyclic) bond motifs is 1. The van der Waals surface area contributed by atoms with Gasteiger partial charge >= 0.3 is 0 Å². The normalized spacial score (nSPS) is 12.3. The second kappa shape index (κ2) is 11.9. The highest BCUT2D eigenvalue weighted by atomic mass is 35.5. The van der Waals surface area contributed by atoms with Gasteiger partial charge in [-0.05, 0) is 50.1 Å². The molecule has 0 aliphatic heterocycles. The molecule has 2 aromatic heterocycles. The molecular weight excluding hydrogens is 446 g/mol. The average Bonchev–Trinajstić information content (AvgIpc) is 3.36. The topological polar surface area (TPSA) is 83.6 Å². The van der Waals surface area contributed by atoms with Gasteiger partial charge in [-0.25, -0.2) is 15.0 Å². The Morgan fingerprint density at radius 1 is 1.18 bits per heavy atom. The van der Waals surface area contributed by atoms with E-state index in [-0.39, 0.29) is 5.91 Å². The molecule has 0 saturated carbocycles. The molecule has 7 heteroatoms. The molecule has 1 aromatic carbocycles. The van der Waals surface area contributed by atoms with E-state index in [1.54, 1.807) is 36.7 Å². The Balaban J connectivity index is 1.94. The standard InChI is InChI=1S/C27H28ClN5O/c1-5-9-19(6-2)25-26(20(7-3)16-18(4)28)33-23-17-21(11-12-22(23)32-25)27(34)31-13-8-10-24-29-14-15-30-24/h5-7,9,11-12,14-17H,3-4,8,10,13H2,1-2H3,(H,29,30)(H,31,34). The van der Waals surface area contributed by atoms with Crippen molar-refractivity contribution >= 4 is 39.7 Å². The number of nitrogens with one attached hydrogen (secondary N) is 2. The highest BCUT2D eigenvalue weighted by molar-refractivity contribution is 6.31. The summed E-state index contributed by atoms with van der Waals surface area (Å²) in [5.74, 6) is 0.744. The predicted octanol–water partition coefficient (Wildman–Crippen LogP) is 6.02. The number of nitrogens with zero attached hydrogens (tertiary/aromatic N) is 3. The largest absolute Gasteiger partial charge is 0.352 e. The second-order valence-electron chi connectivity index (χ2n) is 7.51. The highest BCUT2D eigenvalue weighted by Gasteiger charge is 2.16. The minimum atomic E-state index is -0.162. The van der Waals surface area contributed by atoms with Crippen molar-refractivity contribution in [3.63, 3.8) is 0 Å². The summed E-state index contributed by atoms with van der Waals surface area (Å²) in [6.07, 6.45) is 14.3. The lowest BCUT2D eigenvalue weighted by Crippen LogP contribution is -2.24. The summed E-state index contributed by atoms with van der Waals surface area (Å²) in [7, 11) is 0. The molecule has 2 heterocycles. The van der Waals surface area contributed by atoms with Gasteiger partial charge < -0.3 is 10.3 Å². The maximum atomic E-state index is 12.7. The fourth-order valence-electron chi connectivity index (χ4n) is 3.48. The zero-order valence-electron chi connectivity index (χ0n) is 19.4. The molecule has 0 aliphatic carbocycles. The number of halogens is 1. The Kier molecular flexibility index (Phi) is 8.71. The van der Waals surface area contributed by atoms with E-state index < -0.39 is 0 Å². The quantitative estimate of drug-likeness (QED) is 0.278. The maximum Gasteiger partial charge on any atom is 0.251 e. The number of H-pyrrole nitrogens is 1. The van der Waals surface area contributed by atoms with Crippen LogP contribution >= 0.6 is 11.6 Å². The molecule has 0 bridgehead atoms. The lowest BCUT2D eigenvalue weighted by molar-refractivity contribution is 0.0953. The van der Waals surface area contributed by atoms with Gasteiger partial charge in [0, 0.05) is 41.5 Å². The van der Waals surface area contributed by atoms with Gasteiger partial charge in [0.1, 0.15) is 5.82 Å². The van der Waals surface area contributed by atoms with Crippen LogP contribution in [0.25, 0.3) is 22.2 Å². The van der Waals surface area contributed by atoms with Crippen LogP contribution < -0.4 is 5.32 Å². The van der Waals surface area contributed by atoms with Gasteiger partial charge in [-0.1, -0.05) is 49.1 Å². The fourth-order valence-corrected chi connectivity index (χ4v) is 3.59. The van der Waals surface area contributed by atoms with E-state index in [9.17, 15) is 4.79 Å². The van der Waals surface area contributed by atoms with Gasteiger partial charge in [-0.3, -0.25) is 4.79 Å². The van der Waals surface area contributed by atoms with Crippen LogP contribution in [0.4, 0.5) is 0 Å². The number of rotatable bonds is 10. The van der Waals surface area contributed by atoms with E-state index in [1.165, 1.54) is 0 Å². The number of hydrogen-bond donors (Lipinski definition) is 2. The Labute approximate surface area is 204 Å². The fraction of sp³-hybridized carbons (Fsp3) is 0.185. The zero-order chi connectivity index (χ0) is 24.5. The molecule has 3 aromatic rings. The summed E-state index contributed by atoms with van der Waals surface area (Å²) >= 11 is 6.05. The number of hydrogen-bond acceptors (Lipinski definition) is 4. The number of carbonyl (C=O) groups excluding carboxylic acids is 1. The van der Waals surface area contributed by atoms with Crippen LogP contribution in [-0.2, 0) is 6.42 Å². The minimum absolute atomic E-state index is 0.162. The van der Waals surface area contributed by atoms with E-state index in [4.69, 9.17) is 21.6 Å². The Morgan fingerprint density at radius 3 is 2.59 bits per heavy atom. The number of aromatic nitrogens is 4. The van der Waals surface area contributed by atoms with Crippen molar-refractivity contribution in [3.05, 3.63) is 102 Å². The first-order valence-corrected chi connectivity index (χ1v) is 11.4. The summed E-state index contributed by atoms with van der Waals surface area (Å²) < 4.78 is 0. The van der Waals surface area contributed by atoms with Crippen molar-refractivity contribution in [2.75, 3.05) is 6.54 Å². The molecule has 1 amide bonds. The van der Waals surface area contributed by atoms with E-state index in [2.05, 4.69) is 28.4 Å². The summed E-state index contributed by atoms with van der Waals surface area (Å²) in [6, 6.07) is 5.32. The van der Waals surface area contributed by atoms with Crippen molar-refractivity contribution in [2.45, 2.75) is 26.7 Å². The molecule has 174 valence electrons. The summed E-state index contributed by atoms with van der Waals surface area (Å²) in [5.41, 5.74) is 4.73. The predicted molar refractivity (Wildman–Crippen MR) is 140 cm³/mol. The zero-order valence-corrected chi connectivity index (χ0v) is 20.2. The number of aromatic amines is 1. The smallest absolute Gasteiger partial charge is 0.251 e. The molecule has 0 unspecified atom stereocenters. The lowest BCUT2D eigenvalue weighted by atomic mass is 10.0. The van der Waals surface area contributed by atoms with Crippen LogP contribution in [0.15, 0.2) is 79.2 Å². The monoisotopic (exact) mass is 473 g/mol. The molecule has 0 spiro atoms.